The normalized spacial score (nSPS) is 11.5. The van der Waals surface area contributed by atoms with Crippen molar-refractivity contribution in [1.82, 2.24) is 0 Å². The third-order valence-electron chi connectivity index (χ3n) is 4.31. The molecule has 0 aliphatic rings. The first kappa shape index (κ1) is 21.2. The number of hydrogen-bond acceptors (Lipinski definition) is 0. The minimum absolute atomic E-state index is 1.24. The topological polar surface area (TPSA) is 0 Å². The minimum atomic E-state index is 1.24. The van der Waals surface area contributed by atoms with Gasteiger partial charge in [0.25, 0.3) is 0 Å². The first-order valence-electron chi connectivity index (χ1n) is 9.67. The second-order valence-corrected chi connectivity index (χ2v) is 6.98. The van der Waals surface area contributed by atoms with Gasteiger partial charge < -0.3 is 0 Å². The van der Waals surface area contributed by atoms with Gasteiger partial charge in [-0.05, 0) is 17.8 Å². The molecular weight excluding hydrogens is 320 g/mol. The molecule has 0 rings (SSSR count). The molecule has 0 aromatic rings. The Labute approximate surface area is 143 Å². The van der Waals surface area contributed by atoms with Crippen molar-refractivity contribution in [2.24, 2.45) is 0 Å². The zero-order valence-electron chi connectivity index (χ0n) is 14.6. The van der Waals surface area contributed by atoms with E-state index in [4.69, 9.17) is 0 Å². The molecule has 0 spiro atoms. The second-order valence-electron chi connectivity index (χ2n) is 6.45. The molecule has 0 saturated carbocycles. The Hall–Kier alpha value is 0.220. The van der Waals surface area contributed by atoms with Gasteiger partial charge in [-0.1, -0.05) is 125 Å². The van der Waals surface area contributed by atoms with Gasteiger partial charge in [0, 0.05) is 0 Å². The van der Waals surface area contributed by atoms with Gasteiger partial charge in [0.05, 0.1) is 0 Å². The third kappa shape index (κ3) is 20.2. The van der Waals surface area contributed by atoms with Crippen LogP contribution in [0.15, 0.2) is 11.1 Å². The summed E-state index contributed by atoms with van der Waals surface area (Å²) in [7, 11) is 0. The van der Waals surface area contributed by atoms with E-state index in [0.29, 0.717) is 0 Å². The Bertz CT molecular complexity index is 198. The first-order chi connectivity index (χ1) is 10.4. The van der Waals surface area contributed by atoms with Crippen LogP contribution >= 0.6 is 15.9 Å². The van der Waals surface area contributed by atoms with E-state index in [1.807, 2.05) is 4.99 Å². The largest absolute Gasteiger partial charge is 0.0776 e. The lowest BCUT2D eigenvalue weighted by atomic mass is 10.0. The quantitative estimate of drug-likeness (QED) is 0.228. The predicted molar refractivity (Wildman–Crippen MR) is 102 cm³/mol. The van der Waals surface area contributed by atoms with E-state index < -0.39 is 0 Å². The molecule has 21 heavy (non-hydrogen) atoms. The molecule has 0 aliphatic carbocycles. The number of halogens is 1. The molecule has 0 heterocycles. The second kappa shape index (κ2) is 20.2. The average Bonchev–Trinajstić information content (AvgIpc) is 2.50. The van der Waals surface area contributed by atoms with Crippen molar-refractivity contribution in [3.63, 3.8) is 0 Å². The van der Waals surface area contributed by atoms with Crippen molar-refractivity contribution in [3.8, 4) is 0 Å². The van der Waals surface area contributed by atoms with E-state index in [2.05, 4.69) is 28.9 Å². The van der Waals surface area contributed by atoms with Crippen LogP contribution in [-0.4, -0.2) is 0 Å². The number of hydrogen-bond donors (Lipinski definition) is 0. The average molecular weight is 359 g/mol. The lowest BCUT2D eigenvalue weighted by Crippen LogP contribution is -1.83. The number of unbranched alkanes of at least 4 members (excludes halogenated alkanes) is 16. The molecule has 0 fully saturated rings. The summed E-state index contributed by atoms with van der Waals surface area (Å²) in [6, 6.07) is 0. The van der Waals surface area contributed by atoms with E-state index in [1.54, 1.807) is 0 Å². The molecule has 0 radical (unpaired) electrons. The molecule has 0 N–H and O–H groups in total. The van der Waals surface area contributed by atoms with Gasteiger partial charge in [-0.15, -0.1) is 0 Å². The molecular formula is C20H39Br. The van der Waals surface area contributed by atoms with Crippen molar-refractivity contribution in [1.29, 1.82) is 0 Å². The van der Waals surface area contributed by atoms with Crippen LogP contribution in [0.25, 0.3) is 0 Å². The zero-order chi connectivity index (χ0) is 15.4. The highest BCUT2D eigenvalue weighted by Gasteiger charge is 1.94. The van der Waals surface area contributed by atoms with E-state index in [1.165, 1.54) is 109 Å². The van der Waals surface area contributed by atoms with E-state index >= 15 is 0 Å². The van der Waals surface area contributed by atoms with Crippen LogP contribution in [0.4, 0.5) is 0 Å². The van der Waals surface area contributed by atoms with E-state index in [-0.39, 0.29) is 0 Å². The van der Waals surface area contributed by atoms with Crippen LogP contribution in [0.1, 0.15) is 116 Å². The Kier molecular flexibility index (Phi) is 20.4. The molecule has 0 aliphatic heterocycles. The number of allylic oxidation sites excluding steroid dienone is 1. The SMILES string of the molecule is CCCCCCCCCCCCCCCCCC/C=C\Br. The summed E-state index contributed by atoms with van der Waals surface area (Å²) in [4.78, 5) is 1.98. The maximum absolute atomic E-state index is 3.32. The van der Waals surface area contributed by atoms with Gasteiger partial charge in [-0.2, -0.15) is 0 Å². The number of rotatable bonds is 17. The Balaban J connectivity index is 2.93. The molecule has 0 amide bonds. The molecule has 0 aromatic heterocycles. The standard InChI is InChI=1S/C20H39Br/c1-2-3-4-5-6-7-8-9-10-11-12-13-14-15-16-17-18-19-20-21/h19-20H,2-18H2,1H3/b20-19-. The Morgan fingerprint density at radius 3 is 1.19 bits per heavy atom. The molecule has 1 heteroatoms. The first-order valence-corrected chi connectivity index (χ1v) is 10.6. The maximum atomic E-state index is 3.32. The monoisotopic (exact) mass is 358 g/mol. The van der Waals surface area contributed by atoms with Crippen LogP contribution in [0.2, 0.25) is 0 Å². The molecule has 0 atom stereocenters. The molecule has 0 nitrogen and oxygen atoms in total. The molecule has 126 valence electrons. The van der Waals surface area contributed by atoms with Crippen LogP contribution in [0, 0.1) is 0 Å². The fourth-order valence-corrected chi connectivity index (χ4v) is 3.14. The summed E-state index contributed by atoms with van der Waals surface area (Å²) >= 11 is 3.32. The predicted octanol–water partition coefficient (Wildman–Crippen LogP) is 8.55. The van der Waals surface area contributed by atoms with Gasteiger partial charge in [0.15, 0.2) is 0 Å². The summed E-state index contributed by atoms with van der Waals surface area (Å²) in [5, 5.41) is 0. The maximum Gasteiger partial charge on any atom is -0.0229 e. The summed E-state index contributed by atoms with van der Waals surface area (Å²) in [6.07, 6.45) is 26.7. The summed E-state index contributed by atoms with van der Waals surface area (Å²) in [6.45, 7) is 2.29. The van der Waals surface area contributed by atoms with E-state index in [9.17, 15) is 0 Å². The fraction of sp³-hybridized carbons (Fsp3) is 0.900. The van der Waals surface area contributed by atoms with E-state index in [0.717, 1.165) is 0 Å². The Morgan fingerprint density at radius 2 is 0.857 bits per heavy atom. The molecule has 0 aromatic carbocycles. The highest BCUT2D eigenvalue weighted by atomic mass is 79.9. The third-order valence-corrected chi connectivity index (χ3v) is 4.69. The van der Waals surface area contributed by atoms with Crippen LogP contribution in [0.3, 0.4) is 0 Å². The Morgan fingerprint density at radius 1 is 0.524 bits per heavy atom. The highest BCUT2D eigenvalue weighted by Crippen LogP contribution is 2.14. The summed E-state index contributed by atoms with van der Waals surface area (Å²) in [5.41, 5.74) is 0. The van der Waals surface area contributed by atoms with Crippen LogP contribution < -0.4 is 0 Å². The fourth-order valence-electron chi connectivity index (χ4n) is 2.87. The molecule has 0 bridgehead atoms. The van der Waals surface area contributed by atoms with Crippen molar-refractivity contribution in [2.45, 2.75) is 116 Å². The highest BCUT2D eigenvalue weighted by molar-refractivity contribution is 9.11. The van der Waals surface area contributed by atoms with Gasteiger partial charge >= 0.3 is 0 Å². The van der Waals surface area contributed by atoms with Crippen molar-refractivity contribution in [3.05, 3.63) is 11.1 Å². The zero-order valence-corrected chi connectivity index (χ0v) is 16.1. The van der Waals surface area contributed by atoms with Gasteiger partial charge in [0.1, 0.15) is 0 Å². The minimum Gasteiger partial charge on any atom is -0.0776 e. The van der Waals surface area contributed by atoms with Crippen molar-refractivity contribution in [2.75, 3.05) is 0 Å². The van der Waals surface area contributed by atoms with Crippen molar-refractivity contribution < 1.29 is 0 Å². The van der Waals surface area contributed by atoms with Crippen LogP contribution in [0.5, 0.6) is 0 Å². The lowest BCUT2D eigenvalue weighted by molar-refractivity contribution is 0.530. The van der Waals surface area contributed by atoms with Gasteiger partial charge in [-0.25, -0.2) is 0 Å². The van der Waals surface area contributed by atoms with Crippen molar-refractivity contribution >= 4 is 15.9 Å². The lowest BCUT2D eigenvalue weighted by Gasteiger charge is -2.03. The van der Waals surface area contributed by atoms with Gasteiger partial charge in [-0.3, -0.25) is 0 Å². The molecule has 0 unspecified atom stereocenters. The summed E-state index contributed by atoms with van der Waals surface area (Å²) in [5.74, 6) is 0. The smallest absolute Gasteiger partial charge is 0.0229 e. The molecule has 0 saturated heterocycles. The van der Waals surface area contributed by atoms with Gasteiger partial charge in [0.2, 0.25) is 0 Å². The van der Waals surface area contributed by atoms with Crippen LogP contribution in [-0.2, 0) is 0 Å². The summed E-state index contributed by atoms with van der Waals surface area (Å²) < 4.78 is 0.